The van der Waals surface area contributed by atoms with Gasteiger partial charge in [0.05, 0.1) is 12.3 Å². The minimum atomic E-state index is 0.0619. The second-order valence-corrected chi connectivity index (χ2v) is 10.2. The maximum absolute atomic E-state index is 12.3. The second kappa shape index (κ2) is 11.6. The van der Waals surface area contributed by atoms with E-state index in [0.717, 1.165) is 69.0 Å². The number of nitrogens with zero attached hydrogens (tertiary/aromatic N) is 3. The lowest BCUT2D eigenvalue weighted by Crippen LogP contribution is -2.46. The first-order chi connectivity index (χ1) is 17.2. The molecule has 0 unspecified atom stereocenters. The van der Waals surface area contributed by atoms with Crippen molar-refractivity contribution in [3.05, 3.63) is 53.4 Å². The largest absolute Gasteiger partial charge is 0.494 e. The molecule has 2 aromatic carbocycles. The van der Waals surface area contributed by atoms with Crippen LogP contribution in [0, 0.1) is 0 Å². The van der Waals surface area contributed by atoms with E-state index in [1.165, 1.54) is 15.8 Å². The normalized spacial score (nSPS) is 16.7. The van der Waals surface area contributed by atoms with E-state index >= 15 is 0 Å². The van der Waals surface area contributed by atoms with E-state index in [2.05, 4.69) is 45.5 Å². The van der Waals surface area contributed by atoms with Crippen molar-refractivity contribution in [2.75, 3.05) is 61.9 Å². The molecule has 0 atom stereocenters. The highest BCUT2D eigenvalue weighted by atomic mass is 35.5. The second-order valence-electron chi connectivity index (χ2n) is 9.05. The average Bonchev–Trinajstić information content (AvgIpc) is 3.38. The lowest BCUT2D eigenvalue weighted by Gasteiger charge is -2.36. The lowest BCUT2D eigenvalue weighted by atomic mass is 10.0. The number of hydrogen-bond donors (Lipinski definition) is 0. The Morgan fingerprint density at radius 1 is 0.971 bits per heavy atom. The van der Waals surface area contributed by atoms with E-state index in [4.69, 9.17) is 21.1 Å². The van der Waals surface area contributed by atoms with E-state index in [1.54, 1.807) is 4.90 Å². The standard InChI is InChI=1S/C27H32ClN3O3S/c28-19-33-20-31-25-18-22(8-6-21(25)7-9-27(31)32)34-16-2-1-11-29-12-14-30(15-13-29)24-4-3-5-26-23(24)10-17-35-26/h3-6,8,10,17-18H,1-2,7,9,11-16,19-20H2. The molecule has 1 saturated heterocycles. The summed E-state index contributed by atoms with van der Waals surface area (Å²) in [6.07, 6.45) is 3.36. The number of fused-ring (bicyclic) bond motifs is 2. The number of halogens is 1. The van der Waals surface area contributed by atoms with Crippen molar-refractivity contribution in [2.24, 2.45) is 0 Å². The van der Waals surface area contributed by atoms with E-state index in [0.29, 0.717) is 13.0 Å². The summed E-state index contributed by atoms with van der Waals surface area (Å²) < 4.78 is 12.7. The number of carbonyl (C=O) groups excluding carboxylic acids is 1. The van der Waals surface area contributed by atoms with Gasteiger partial charge in [0.1, 0.15) is 18.5 Å². The summed E-state index contributed by atoms with van der Waals surface area (Å²) >= 11 is 7.46. The SMILES string of the molecule is O=C1CCc2ccc(OCCCCN3CCN(c4cccc5sccc45)CC3)cc2N1COCCl. The van der Waals surface area contributed by atoms with Crippen LogP contribution < -0.4 is 14.5 Å². The Balaban J connectivity index is 1.05. The third-order valence-corrected chi connectivity index (χ3v) is 7.91. The van der Waals surface area contributed by atoms with Crippen LogP contribution in [-0.2, 0) is 16.0 Å². The van der Waals surface area contributed by atoms with Gasteiger partial charge in [-0.3, -0.25) is 14.6 Å². The fourth-order valence-corrected chi connectivity index (χ4v) is 5.84. The van der Waals surface area contributed by atoms with Crippen LogP contribution in [0.1, 0.15) is 24.8 Å². The third-order valence-electron chi connectivity index (χ3n) is 6.88. The zero-order valence-corrected chi connectivity index (χ0v) is 21.5. The molecular weight excluding hydrogens is 482 g/mol. The van der Waals surface area contributed by atoms with Crippen molar-refractivity contribution in [1.29, 1.82) is 0 Å². The van der Waals surface area contributed by atoms with Crippen LogP contribution in [0.3, 0.4) is 0 Å². The van der Waals surface area contributed by atoms with Gasteiger partial charge in [-0.15, -0.1) is 11.3 Å². The van der Waals surface area contributed by atoms with Crippen LogP contribution in [0.2, 0.25) is 0 Å². The molecule has 8 heteroatoms. The molecule has 1 amide bonds. The predicted octanol–water partition coefficient (Wildman–Crippen LogP) is 5.33. The molecule has 3 aromatic rings. The van der Waals surface area contributed by atoms with Gasteiger partial charge in [-0.2, -0.15) is 0 Å². The molecule has 6 nitrogen and oxygen atoms in total. The number of anilines is 2. The smallest absolute Gasteiger partial charge is 0.229 e. The van der Waals surface area contributed by atoms with Gasteiger partial charge in [0.2, 0.25) is 5.91 Å². The summed E-state index contributed by atoms with van der Waals surface area (Å²) in [5.41, 5.74) is 3.39. The minimum Gasteiger partial charge on any atom is -0.494 e. The Bertz CT molecular complexity index is 1150. The van der Waals surface area contributed by atoms with Gasteiger partial charge in [-0.25, -0.2) is 0 Å². The molecule has 0 N–H and O–H groups in total. The van der Waals surface area contributed by atoms with Gasteiger partial charge >= 0.3 is 0 Å². The number of alkyl halides is 1. The summed E-state index contributed by atoms with van der Waals surface area (Å²) in [4.78, 5) is 19.1. The first-order valence-electron chi connectivity index (χ1n) is 12.4. The molecule has 3 heterocycles. The maximum Gasteiger partial charge on any atom is 0.229 e. The number of rotatable bonds is 10. The summed E-state index contributed by atoms with van der Waals surface area (Å²) in [6.45, 7) is 6.29. The van der Waals surface area contributed by atoms with Crippen molar-refractivity contribution < 1.29 is 14.3 Å². The summed E-state index contributed by atoms with van der Waals surface area (Å²) in [7, 11) is 0. The molecule has 0 spiro atoms. The molecule has 35 heavy (non-hydrogen) atoms. The Hall–Kier alpha value is -2.32. The number of unbranched alkanes of at least 4 members (excludes halogenated alkanes) is 1. The Kier molecular flexibility index (Phi) is 8.09. The molecule has 1 aromatic heterocycles. The summed E-state index contributed by atoms with van der Waals surface area (Å²) in [5.74, 6) is 0.859. The van der Waals surface area contributed by atoms with E-state index in [9.17, 15) is 4.79 Å². The predicted molar refractivity (Wildman–Crippen MR) is 144 cm³/mol. The molecular formula is C27H32ClN3O3S. The van der Waals surface area contributed by atoms with Crippen LogP contribution in [0.4, 0.5) is 11.4 Å². The number of thiophene rings is 1. The van der Waals surface area contributed by atoms with Gasteiger partial charge in [0, 0.05) is 54.4 Å². The van der Waals surface area contributed by atoms with Gasteiger partial charge in [0.15, 0.2) is 0 Å². The molecule has 0 aliphatic carbocycles. The monoisotopic (exact) mass is 513 g/mol. The fraction of sp³-hybridized carbons (Fsp3) is 0.444. The maximum atomic E-state index is 12.3. The van der Waals surface area contributed by atoms with Crippen LogP contribution in [0.25, 0.3) is 10.1 Å². The number of amides is 1. The zero-order chi connectivity index (χ0) is 24.0. The molecule has 0 radical (unpaired) electrons. The van der Waals surface area contributed by atoms with Crippen LogP contribution in [0.5, 0.6) is 5.75 Å². The van der Waals surface area contributed by atoms with Crippen LogP contribution >= 0.6 is 22.9 Å². The topological polar surface area (TPSA) is 45.2 Å². The number of hydrogen-bond acceptors (Lipinski definition) is 6. The number of aryl methyl sites for hydroxylation is 1. The molecule has 0 bridgehead atoms. The van der Waals surface area contributed by atoms with Crippen molar-refractivity contribution in [1.82, 2.24) is 4.90 Å². The highest BCUT2D eigenvalue weighted by Gasteiger charge is 2.24. The highest BCUT2D eigenvalue weighted by Crippen LogP contribution is 2.32. The molecule has 2 aliphatic heterocycles. The van der Waals surface area contributed by atoms with Gasteiger partial charge in [-0.1, -0.05) is 23.7 Å². The minimum absolute atomic E-state index is 0.0619. The van der Waals surface area contributed by atoms with Gasteiger partial charge < -0.3 is 14.4 Å². The average molecular weight is 514 g/mol. The Labute approximate surface area is 216 Å². The molecule has 2 aliphatic rings. The van der Waals surface area contributed by atoms with Crippen molar-refractivity contribution in [3.8, 4) is 5.75 Å². The van der Waals surface area contributed by atoms with Gasteiger partial charge in [0.25, 0.3) is 0 Å². The molecule has 0 saturated carbocycles. The molecule has 186 valence electrons. The Morgan fingerprint density at radius 2 is 1.86 bits per heavy atom. The first-order valence-corrected chi connectivity index (χ1v) is 13.8. The van der Waals surface area contributed by atoms with Crippen molar-refractivity contribution in [3.63, 3.8) is 0 Å². The van der Waals surface area contributed by atoms with Crippen LogP contribution in [-0.4, -0.2) is 62.9 Å². The van der Waals surface area contributed by atoms with Crippen molar-refractivity contribution in [2.45, 2.75) is 25.7 Å². The quantitative estimate of drug-likeness (QED) is 0.271. The molecule has 1 fully saturated rings. The zero-order valence-electron chi connectivity index (χ0n) is 20.0. The van der Waals surface area contributed by atoms with E-state index < -0.39 is 0 Å². The molecule has 5 rings (SSSR count). The number of benzene rings is 2. The lowest BCUT2D eigenvalue weighted by molar-refractivity contribution is -0.119. The van der Waals surface area contributed by atoms with Crippen molar-refractivity contribution >= 4 is 50.3 Å². The fourth-order valence-electron chi connectivity index (χ4n) is 4.97. The summed E-state index contributed by atoms with van der Waals surface area (Å²) in [5, 5.41) is 3.56. The number of ether oxygens (including phenoxy) is 2. The number of carbonyl (C=O) groups is 1. The van der Waals surface area contributed by atoms with E-state index in [-0.39, 0.29) is 18.7 Å². The first kappa shape index (κ1) is 24.4. The Morgan fingerprint density at radius 3 is 2.71 bits per heavy atom. The third kappa shape index (κ3) is 5.75. The van der Waals surface area contributed by atoms with Gasteiger partial charge in [-0.05, 0) is 61.0 Å². The summed E-state index contributed by atoms with van der Waals surface area (Å²) in [6, 6.07) is 15.0. The number of piperazine rings is 1. The van der Waals surface area contributed by atoms with E-state index in [1.807, 2.05) is 23.5 Å². The highest BCUT2D eigenvalue weighted by molar-refractivity contribution is 7.17. The van der Waals surface area contributed by atoms with Crippen LogP contribution in [0.15, 0.2) is 47.8 Å².